The van der Waals surface area contributed by atoms with Crippen molar-refractivity contribution in [3.63, 3.8) is 0 Å². The molecule has 0 aliphatic rings. The fourth-order valence-electron chi connectivity index (χ4n) is 0. The Balaban J connectivity index is -0.0000000213. The van der Waals surface area contributed by atoms with Crippen LogP contribution in [-0.4, -0.2) is 35.1 Å². The summed E-state index contributed by atoms with van der Waals surface area (Å²) in [6.07, 6.45) is 2.00. The minimum absolute atomic E-state index is 0. The van der Waals surface area contributed by atoms with E-state index in [1.807, 2.05) is 20.3 Å². The van der Waals surface area contributed by atoms with Gasteiger partial charge in [-0.15, -0.1) is 0 Å². The maximum Gasteiger partial charge on any atom is 0.0402 e. The van der Waals surface area contributed by atoms with Gasteiger partial charge in [-0.25, -0.2) is 0 Å². The van der Waals surface area contributed by atoms with E-state index in [4.69, 9.17) is 15.3 Å². The maximum absolute atomic E-state index is 7.57. The van der Waals surface area contributed by atoms with E-state index in [9.17, 15) is 0 Å². The number of hydrogen-bond donors (Lipinski definition) is 3. The van der Waals surface area contributed by atoms with Gasteiger partial charge < -0.3 is 21.7 Å². The Morgan fingerprint density at radius 3 is 0.769 bits per heavy atom. The van der Waals surface area contributed by atoms with Crippen LogP contribution in [0.5, 0.6) is 0 Å². The molecule has 0 spiro atoms. The van der Waals surface area contributed by atoms with Gasteiger partial charge in [0.05, 0.1) is 0 Å². The van der Waals surface area contributed by atoms with Crippen LogP contribution in [0.2, 0.25) is 0 Å². The van der Waals surface area contributed by atoms with Crippen LogP contribution in [0.25, 0.3) is 0 Å². The zero-order valence-electron chi connectivity index (χ0n) is 9.54. The molecule has 13 heavy (non-hydrogen) atoms. The first-order valence-electron chi connectivity index (χ1n) is 4.22. The maximum atomic E-state index is 7.57. The third-order valence-electron chi connectivity index (χ3n) is 0. The summed E-state index contributed by atoms with van der Waals surface area (Å²) in [5.74, 6) is 0. The van der Waals surface area contributed by atoms with Gasteiger partial charge in [0.15, 0.2) is 0 Å². The van der Waals surface area contributed by atoms with Crippen molar-refractivity contribution in [1.29, 1.82) is 0 Å². The zero-order chi connectivity index (χ0) is 10.8. The van der Waals surface area contributed by atoms with Gasteiger partial charge in [0, 0.05) is 46.0 Å². The first-order chi connectivity index (χ1) is 5.66. The van der Waals surface area contributed by atoms with E-state index < -0.39 is 0 Å². The Morgan fingerprint density at radius 1 is 0.769 bits per heavy atom. The van der Waals surface area contributed by atoms with Gasteiger partial charge in [-0.05, 0) is 20.8 Å². The molecule has 0 rings (SSSR count). The summed E-state index contributed by atoms with van der Waals surface area (Å²) >= 11 is 0. The number of aliphatic hydroxyl groups is 3. The van der Waals surface area contributed by atoms with Crippen molar-refractivity contribution in [3.8, 4) is 0 Å². The predicted molar refractivity (Wildman–Crippen MR) is 53.9 cm³/mol. The second-order valence-electron chi connectivity index (χ2n) is 1.53. The molecule has 3 N–H and O–H groups in total. The van der Waals surface area contributed by atoms with Crippen LogP contribution in [-0.2, 0) is 26.2 Å². The molecule has 0 aromatic rings. The van der Waals surface area contributed by atoms with E-state index in [-0.39, 0.29) is 46.0 Å². The van der Waals surface area contributed by atoms with Crippen LogP contribution in [0.4, 0.5) is 0 Å². The van der Waals surface area contributed by atoms with Crippen molar-refractivity contribution in [1.82, 2.24) is 0 Å². The monoisotopic (exact) mass is 271 g/mol. The minimum atomic E-state index is 0. The van der Waals surface area contributed by atoms with E-state index in [0.717, 1.165) is 0 Å². The second-order valence-corrected chi connectivity index (χ2v) is 1.53. The molecule has 4 heteroatoms. The summed E-state index contributed by atoms with van der Waals surface area (Å²) in [7, 11) is 0. The molecule has 0 saturated heterocycles. The van der Waals surface area contributed by atoms with E-state index in [1.165, 1.54) is 0 Å². The van der Waals surface area contributed by atoms with E-state index in [2.05, 4.69) is 0 Å². The van der Waals surface area contributed by atoms with Gasteiger partial charge in [-0.3, -0.25) is 0 Å². The van der Waals surface area contributed by atoms with E-state index >= 15 is 0 Å². The molecule has 0 aliphatic carbocycles. The summed E-state index contributed by atoms with van der Waals surface area (Å²) in [4.78, 5) is 0. The number of rotatable bonds is 0. The summed E-state index contributed by atoms with van der Waals surface area (Å²) in [6.45, 7) is 9.79. The van der Waals surface area contributed by atoms with E-state index in [1.54, 1.807) is 20.8 Å². The molecule has 0 amide bonds. The van der Waals surface area contributed by atoms with Gasteiger partial charge in [0.25, 0.3) is 0 Å². The molecule has 0 heterocycles. The first kappa shape index (κ1) is 29.2. The molecular formula is C9H25O3Zr-. The average molecular weight is 273 g/mol. The van der Waals surface area contributed by atoms with Crippen LogP contribution < -0.4 is 0 Å². The molecule has 0 fully saturated rings. The minimum Gasteiger partial charge on any atom is -0.397 e. The van der Waals surface area contributed by atoms with Gasteiger partial charge in [-0.1, -0.05) is 0 Å². The Labute approximate surface area is 102 Å². The number of hydrogen-bond acceptors (Lipinski definition) is 3. The van der Waals surface area contributed by atoms with Crippen LogP contribution in [0.15, 0.2) is 0 Å². The average Bonchev–Trinajstić information content (AvgIpc) is 1.92. The smallest absolute Gasteiger partial charge is 0.0402 e. The molecule has 0 unspecified atom stereocenters. The van der Waals surface area contributed by atoms with Crippen LogP contribution >= 0.6 is 0 Å². The Hall–Kier alpha value is 0.763. The summed E-state index contributed by atoms with van der Waals surface area (Å²) in [5.41, 5.74) is 0. The molecular weight excluding hydrogens is 247 g/mol. The predicted octanol–water partition coefficient (Wildman–Crippen LogP) is 1.22. The fraction of sp³-hybridized carbons (Fsp3) is 0.889. The molecule has 0 aliphatic heterocycles. The van der Waals surface area contributed by atoms with Gasteiger partial charge in [-0.2, -0.15) is 13.8 Å². The standard InChI is InChI=1S/C3H7.3C2H6O.Zr/c1-3-2;3*1-2-3;/h3H,1-2H3;3*3H,2H2,1H3;/q-1;;;;. The molecule has 0 aromatic heterocycles. The van der Waals surface area contributed by atoms with Crippen molar-refractivity contribution in [3.05, 3.63) is 6.42 Å². The molecule has 84 valence electrons. The zero-order valence-corrected chi connectivity index (χ0v) is 12.0. The Kier molecular flexibility index (Phi) is 175. The largest absolute Gasteiger partial charge is 0.397 e. The molecule has 3 nitrogen and oxygen atoms in total. The third kappa shape index (κ3) is 2540. The molecule has 0 aromatic carbocycles. The van der Waals surface area contributed by atoms with Gasteiger partial charge in [0.2, 0.25) is 0 Å². The molecule has 0 atom stereocenters. The topological polar surface area (TPSA) is 60.7 Å². The summed E-state index contributed by atoms with van der Waals surface area (Å²) in [5, 5.41) is 22.7. The molecule has 0 radical (unpaired) electrons. The van der Waals surface area contributed by atoms with Crippen molar-refractivity contribution in [2.75, 3.05) is 19.8 Å². The van der Waals surface area contributed by atoms with Crippen molar-refractivity contribution in [2.24, 2.45) is 0 Å². The molecule has 0 bridgehead atoms. The van der Waals surface area contributed by atoms with Crippen molar-refractivity contribution < 1.29 is 41.5 Å². The van der Waals surface area contributed by atoms with Crippen molar-refractivity contribution in [2.45, 2.75) is 34.6 Å². The Bertz CT molecular complexity index is 22.8. The SMILES string of the molecule is CCO.CCO.CCO.C[CH-]C.[Zr]. The summed E-state index contributed by atoms with van der Waals surface area (Å²) < 4.78 is 0. The quantitative estimate of drug-likeness (QED) is 0.581. The number of aliphatic hydroxyl groups excluding tert-OH is 3. The van der Waals surface area contributed by atoms with Crippen molar-refractivity contribution >= 4 is 0 Å². The van der Waals surface area contributed by atoms with Gasteiger partial charge in [0.1, 0.15) is 0 Å². The first-order valence-corrected chi connectivity index (χ1v) is 4.22. The van der Waals surface area contributed by atoms with Crippen LogP contribution in [0.3, 0.4) is 0 Å². The Morgan fingerprint density at radius 2 is 0.769 bits per heavy atom. The van der Waals surface area contributed by atoms with Gasteiger partial charge >= 0.3 is 0 Å². The normalized spacial score (nSPS) is 5.54. The van der Waals surface area contributed by atoms with E-state index in [0.29, 0.717) is 0 Å². The third-order valence-corrected chi connectivity index (χ3v) is 0. The molecule has 0 saturated carbocycles. The van der Waals surface area contributed by atoms with Crippen LogP contribution in [0, 0.1) is 6.42 Å². The van der Waals surface area contributed by atoms with Crippen LogP contribution in [0.1, 0.15) is 34.6 Å². The fourth-order valence-corrected chi connectivity index (χ4v) is 0. The summed E-state index contributed by atoms with van der Waals surface area (Å²) in [6, 6.07) is 0. The second kappa shape index (κ2) is 77.8.